The fraction of sp³-hybridized carbons (Fsp3) is 0.643. The van der Waals surface area contributed by atoms with E-state index in [0.29, 0.717) is 6.04 Å². The van der Waals surface area contributed by atoms with Crippen LogP contribution >= 0.6 is 0 Å². The van der Waals surface area contributed by atoms with Gasteiger partial charge in [0.25, 0.3) is 0 Å². The zero-order valence-electron chi connectivity index (χ0n) is 10.7. The fourth-order valence-corrected chi connectivity index (χ4v) is 2.24. The third kappa shape index (κ3) is 4.37. The zero-order valence-corrected chi connectivity index (χ0v) is 10.7. The van der Waals surface area contributed by atoms with Crippen molar-refractivity contribution in [3.63, 3.8) is 0 Å². The first kappa shape index (κ1) is 13.5. The number of nitrogens with zero attached hydrogens (tertiary/aromatic N) is 1. The van der Waals surface area contributed by atoms with Gasteiger partial charge >= 0.3 is 0 Å². The van der Waals surface area contributed by atoms with Gasteiger partial charge in [-0.15, -0.1) is 0 Å². The molecule has 0 aromatic carbocycles. The molecule has 0 amide bonds. The number of aliphatic hydroxyl groups excluding tert-OH is 1. The van der Waals surface area contributed by atoms with Gasteiger partial charge in [0, 0.05) is 25.0 Å². The molecule has 0 aliphatic carbocycles. The van der Waals surface area contributed by atoms with Crippen LogP contribution in [-0.2, 0) is 4.74 Å². The van der Waals surface area contributed by atoms with Crippen molar-refractivity contribution in [2.24, 2.45) is 0 Å². The molecule has 4 nitrogen and oxygen atoms in total. The summed E-state index contributed by atoms with van der Waals surface area (Å²) in [6.07, 6.45) is 7.09. The highest BCUT2D eigenvalue weighted by molar-refractivity contribution is 5.11. The quantitative estimate of drug-likeness (QED) is 0.723. The molecule has 1 aromatic heterocycles. The van der Waals surface area contributed by atoms with Crippen molar-refractivity contribution in [2.45, 2.75) is 37.8 Å². The van der Waals surface area contributed by atoms with Gasteiger partial charge in [-0.1, -0.05) is 6.07 Å². The highest BCUT2D eigenvalue weighted by atomic mass is 16.5. The van der Waals surface area contributed by atoms with Crippen molar-refractivity contribution in [3.8, 4) is 0 Å². The van der Waals surface area contributed by atoms with Crippen LogP contribution < -0.4 is 5.32 Å². The molecule has 1 aliphatic heterocycles. The number of hydrogen-bond acceptors (Lipinski definition) is 4. The van der Waals surface area contributed by atoms with E-state index in [0.717, 1.165) is 38.2 Å². The van der Waals surface area contributed by atoms with Crippen LogP contribution in [0, 0.1) is 0 Å². The second-order valence-corrected chi connectivity index (χ2v) is 4.81. The van der Waals surface area contributed by atoms with Crippen LogP contribution in [-0.4, -0.2) is 35.9 Å². The Morgan fingerprint density at radius 3 is 3.22 bits per heavy atom. The van der Waals surface area contributed by atoms with Crippen molar-refractivity contribution in [1.82, 2.24) is 10.3 Å². The molecular weight excluding hydrogens is 228 g/mol. The van der Waals surface area contributed by atoms with Crippen LogP contribution in [0.15, 0.2) is 24.5 Å². The van der Waals surface area contributed by atoms with Crippen LogP contribution in [0.5, 0.6) is 0 Å². The molecule has 4 heteroatoms. The maximum Gasteiger partial charge on any atom is 0.0805 e. The van der Waals surface area contributed by atoms with Gasteiger partial charge in [0.05, 0.1) is 12.7 Å². The highest BCUT2D eigenvalue weighted by Crippen LogP contribution is 2.16. The molecular formula is C14H22N2O2. The average Bonchev–Trinajstić information content (AvgIpc) is 2.92. The van der Waals surface area contributed by atoms with Crippen LogP contribution in [0.3, 0.4) is 0 Å². The monoisotopic (exact) mass is 250 g/mol. The number of aromatic nitrogens is 1. The second-order valence-electron chi connectivity index (χ2n) is 4.81. The molecule has 1 aliphatic rings. The summed E-state index contributed by atoms with van der Waals surface area (Å²) in [5.74, 6) is 0. The van der Waals surface area contributed by atoms with E-state index in [1.54, 1.807) is 12.4 Å². The summed E-state index contributed by atoms with van der Waals surface area (Å²) in [7, 11) is 0. The van der Waals surface area contributed by atoms with Gasteiger partial charge in [-0.05, 0) is 43.9 Å². The first-order valence-corrected chi connectivity index (χ1v) is 6.75. The van der Waals surface area contributed by atoms with Gasteiger partial charge in [0.15, 0.2) is 0 Å². The Kier molecular flexibility index (Phi) is 5.58. The van der Waals surface area contributed by atoms with Crippen molar-refractivity contribution in [3.05, 3.63) is 30.1 Å². The molecule has 1 saturated heterocycles. The van der Waals surface area contributed by atoms with Crippen molar-refractivity contribution in [2.75, 3.05) is 19.8 Å². The molecule has 2 rings (SSSR count). The largest absolute Gasteiger partial charge is 0.388 e. The van der Waals surface area contributed by atoms with Gasteiger partial charge < -0.3 is 15.2 Å². The normalized spacial score (nSPS) is 21.1. The number of nitrogens with one attached hydrogen (secondary N) is 1. The standard InChI is InChI=1S/C14H22N2O2/c17-14(12-4-1-7-15-10-12)6-3-9-18-11-13-5-2-8-16-13/h1,4,7,10,13-14,16-17H,2-3,5-6,8-9,11H2/t13-,14?/m0/s1. The van der Waals surface area contributed by atoms with Crippen molar-refractivity contribution < 1.29 is 9.84 Å². The predicted octanol–water partition coefficient (Wildman–Crippen LogP) is 1.66. The summed E-state index contributed by atoms with van der Waals surface area (Å²) in [6.45, 7) is 2.63. The number of ether oxygens (including phenoxy) is 1. The first-order chi connectivity index (χ1) is 8.86. The van der Waals surface area contributed by atoms with E-state index >= 15 is 0 Å². The minimum Gasteiger partial charge on any atom is -0.388 e. The van der Waals surface area contributed by atoms with Gasteiger partial charge in [-0.3, -0.25) is 4.98 Å². The Balaban J connectivity index is 1.55. The van der Waals surface area contributed by atoms with E-state index in [-0.39, 0.29) is 0 Å². The summed E-state index contributed by atoms with van der Waals surface area (Å²) in [5.41, 5.74) is 0.884. The van der Waals surface area contributed by atoms with Crippen molar-refractivity contribution in [1.29, 1.82) is 0 Å². The van der Waals surface area contributed by atoms with E-state index in [2.05, 4.69) is 10.3 Å². The molecule has 2 N–H and O–H groups in total. The van der Waals surface area contributed by atoms with Gasteiger partial charge in [-0.2, -0.15) is 0 Å². The summed E-state index contributed by atoms with van der Waals surface area (Å²) in [6, 6.07) is 4.29. The molecule has 2 heterocycles. The highest BCUT2D eigenvalue weighted by Gasteiger charge is 2.13. The van der Waals surface area contributed by atoms with Crippen LogP contribution in [0.2, 0.25) is 0 Å². The molecule has 1 fully saturated rings. The van der Waals surface area contributed by atoms with Crippen LogP contribution in [0.25, 0.3) is 0 Å². The number of hydrogen-bond donors (Lipinski definition) is 2. The molecule has 2 atom stereocenters. The molecule has 1 unspecified atom stereocenters. The summed E-state index contributed by atoms with van der Waals surface area (Å²) in [4.78, 5) is 4.00. The second kappa shape index (κ2) is 7.46. The Morgan fingerprint density at radius 2 is 2.50 bits per heavy atom. The van der Waals surface area contributed by atoms with E-state index < -0.39 is 6.10 Å². The van der Waals surface area contributed by atoms with E-state index in [1.807, 2.05) is 12.1 Å². The zero-order chi connectivity index (χ0) is 12.6. The average molecular weight is 250 g/mol. The first-order valence-electron chi connectivity index (χ1n) is 6.75. The molecule has 18 heavy (non-hydrogen) atoms. The molecule has 0 bridgehead atoms. The lowest BCUT2D eigenvalue weighted by Crippen LogP contribution is -2.26. The van der Waals surface area contributed by atoms with Crippen LogP contribution in [0.4, 0.5) is 0 Å². The van der Waals surface area contributed by atoms with Crippen molar-refractivity contribution >= 4 is 0 Å². The molecule has 0 radical (unpaired) electrons. The molecule has 0 saturated carbocycles. The molecule has 1 aromatic rings. The molecule has 0 spiro atoms. The number of pyridine rings is 1. The number of rotatable bonds is 7. The van der Waals surface area contributed by atoms with E-state index in [1.165, 1.54) is 12.8 Å². The number of aliphatic hydroxyl groups is 1. The Morgan fingerprint density at radius 1 is 1.56 bits per heavy atom. The van der Waals surface area contributed by atoms with E-state index in [4.69, 9.17) is 4.74 Å². The summed E-state index contributed by atoms with van der Waals surface area (Å²) >= 11 is 0. The SMILES string of the molecule is OC(CCCOC[C@@H]1CCCN1)c1cccnc1. The van der Waals surface area contributed by atoms with E-state index in [9.17, 15) is 5.11 Å². The third-order valence-electron chi connectivity index (χ3n) is 3.32. The fourth-order valence-electron chi connectivity index (χ4n) is 2.24. The minimum absolute atomic E-state index is 0.424. The van der Waals surface area contributed by atoms with Gasteiger partial charge in [-0.25, -0.2) is 0 Å². The summed E-state index contributed by atoms with van der Waals surface area (Å²) in [5, 5.41) is 13.3. The Bertz CT molecular complexity index is 326. The van der Waals surface area contributed by atoms with Crippen LogP contribution in [0.1, 0.15) is 37.4 Å². The molecule has 100 valence electrons. The lowest BCUT2D eigenvalue weighted by atomic mass is 10.1. The smallest absolute Gasteiger partial charge is 0.0805 e. The lowest BCUT2D eigenvalue weighted by molar-refractivity contribution is 0.0950. The maximum atomic E-state index is 9.92. The minimum atomic E-state index is -0.424. The third-order valence-corrected chi connectivity index (χ3v) is 3.32. The lowest BCUT2D eigenvalue weighted by Gasteiger charge is -2.12. The topological polar surface area (TPSA) is 54.4 Å². The maximum absolute atomic E-state index is 9.92. The summed E-state index contributed by atoms with van der Waals surface area (Å²) < 4.78 is 5.61. The van der Waals surface area contributed by atoms with Gasteiger partial charge in [0.2, 0.25) is 0 Å². The Hall–Kier alpha value is -0.970. The predicted molar refractivity (Wildman–Crippen MR) is 70.3 cm³/mol. The van der Waals surface area contributed by atoms with Gasteiger partial charge in [0.1, 0.15) is 0 Å². The Labute approximate surface area is 108 Å².